The van der Waals surface area contributed by atoms with Crippen LogP contribution in [0.25, 0.3) is 5.70 Å². The van der Waals surface area contributed by atoms with Crippen molar-refractivity contribution >= 4 is 5.70 Å². The summed E-state index contributed by atoms with van der Waals surface area (Å²) in [5.74, 6) is 0. The number of hydrogen-bond acceptors (Lipinski definition) is 3. The van der Waals surface area contributed by atoms with Gasteiger partial charge < -0.3 is 4.90 Å². The van der Waals surface area contributed by atoms with Crippen LogP contribution >= 0.6 is 0 Å². The topological polar surface area (TPSA) is 24.5 Å². The highest BCUT2D eigenvalue weighted by atomic mass is 16.6. The summed E-state index contributed by atoms with van der Waals surface area (Å²) in [5, 5.41) is 0. The summed E-state index contributed by atoms with van der Waals surface area (Å²) < 4.78 is 0. The maximum Gasteiger partial charge on any atom is 0.0649 e. The van der Waals surface area contributed by atoms with Gasteiger partial charge in [0, 0.05) is 11.0 Å². The SMILES string of the molecule is CONC1=CC2(CCN(C)CC2)c2ccccc21. The predicted octanol–water partition coefficient (Wildman–Crippen LogP) is 2.16. The van der Waals surface area contributed by atoms with Gasteiger partial charge in [-0.05, 0) is 44.6 Å². The Balaban J connectivity index is 2.01. The van der Waals surface area contributed by atoms with E-state index < -0.39 is 0 Å². The molecule has 1 spiro atoms. The van der Waals surface area contributed by atoms with Crippen LogP contribution in [-0.2, 0) is 10.3 Å². The van der Waals surface area contributed by atoms with Crippen LogP contribution in [-0.4, -0.2) is 32.1 Å². The molecule has 1 heterocycles. The third-order valence-electron chi connectivity index (χ3n) is 4.27. The lowest BCUT2D eigenvalue weighted by atomic mass is 9.75. The number of fused-ring (bicyclic) bond motifs is 2. The van der Waals surface area contributed by atoms with Crippen LogP contribution in [0.5, 0.6) is 0 Å². The van der Waals surface area contributed by atoms with Crippen LogP contribution in [0.3, 0.4) is 0 Å². The molecule has 0 amide bonds. The van der Waals surface area contributed by atoms with Gasteiger partial charge in [0.15, 0.2) is 0 Å². The Bertz CT molecular complexity index is 473. The number of nitrogens with one attached hydrogen (secondary N) is 1. The zero-order valence-corrected chi connectivity index (χ0v) is 11.1. The van der Waals surface area contributed by atoms with E-state index in [1.54, 1.807) is 7.11 Å². The van der Waals surface area contributed by atoms with Crippen molar-refractivity contribution in [1.29, 1.82) is 0 Å². The fourth-order valence-electron chi connectivity index (χ4n) is 3.21. The number of rotatable bonds is 2. The Morgan fingerprint density at radius 3 is 2.67 bits per heavy atom. The van der Waals surface area contributed by atoms with E-state index in [0.29, 0.717) is 0 Å². The number of hydrogen-bond donors (Lipinski definition) is 1. The van der Waals surface area contributed by atoms with Gasteiger partial charge in [-0.15, -0.1) is 0 Å². The van der Waals surface area contributed by atoms with Crippen LogP contribution < -0.4 is 5.48 Å². The number of piperidine rings is 1. The fraction of sp³-hybridized carbons (Fsp3) is 0.467. The molecule has 1 aromatic carbocycles. The lowest BCUT2D eigenvalue weighted by Gasteiger charge is -2.37. The van der Waals surface area contributed by atoms with Crippen molar-refractivity contribution in [1.82, 2.24) is 10.4 Å². The van der Waals surface area contributed by atoms with Crippen LogP contribution in [0.2, 0.25) is 0 Å². The Morgan fingerprint density at radius 2 is 1.94 bits per heavy atom. The third kappa shape index (κ3) is 1.74. The smallest absolute Gasteiger partial charge is 0.0649 e. The lowest BCUT2D eigenvalue weighted by molar-refractivity contribution is 0.136. The fourth-order valence-corrected chi connectivity index (χ4v) is 3.21. The molecular formula is C15H20N2O. The first-order chi connectivity index (χ1) is 8.75. The zero-order chi connectivity index (χ0) is 12.6. The van der Waals surface area contributed by atoms with Crippen molar-refractivity contribution < 1.29 is 4.84 Å². The lowest BCUT2D eigenvalue weighted by Crippen LogP contribution is -2.38. The standard InChI is InChI=1S/C15H20N2O/c1-17-9-7-15(8-10-17)11-14(16-18-2)12-5-3-4-6-13(12)15/h3-6,11,16H,7-10H2,1-2H3. The summed E-state index contributed by atoms with van der Waals surface area (Å²) in [5.41, 5.74) is 7.12. The molecule has 1 aromatic rings. The minimum absolute atomic E-state index is 0.212. The molecule has 0 saturated carbocycles. The monoisotopic (exact) mass is 244 g/mol. The van der Waals surface area contributed by atoms with Crippen molar-refractivity contribution in [3.63, 3.8) is 0 Å². The van der Waals surface area contributed by atoms with E-state index in [-0.39, 0.29) is 5.41 Å². The van der Waals surface area contributed by atoms with Gasteiger partial charge in [-0.3, -0.25) is 10.3 Å². The van der Waals surface area contributed by atoms with Gasteiger partial charge in [-0.1, -0.05) is 24.3 Å². The molecule has 0 unspecified atom stereocenters. The van der Waals surface area contributed by atoms with Crippen molar-refractivity contribution in [2.75, 3.05) is 27.2 Å². The molecule has 0 bridgehead atoms. The summed E-state index contributed by atoms with van der Waals surface area (Å²) in [6, 6.07) is 8.68. The third-order valence-corrected chi connectivity index (χ3v) is 4.27. The average molecular weight is 244 g/mol. The molecular weight excluding hydrogens is 224 g/mol. The summed E-state index contributed by atoms with van der Waals surface area (Å²) >= 11 is 0. The van der Waals surface area contributed by atoms with Gasteiger partial charge in [0.25, 0.3) is 0 Å². The Labute approximate surface area is 108 Å². The molecule has 2 aliphatic rings. The number of nitrogens with zero attached hydrogens (tertiary/aromatic N) is 1. The van der Waals surface area contributed by atoms with Gasteiger partial charge in [0.2, 0.25) is 0 Å². The van der Waals surface area contributed by atoms with Crippen LogP contribution in [0.15, 0.2) is 30.3 Å². The molecule has 1 aliphatic heterocycles. The van der Waals surface area contributed by atoms with Gasteiger partial charge >= 0.3 is 0 Å². The second-order valence-corrected chi connectivity index (χ2v) is 5.37. The Hall–Kier alpha value is -1.32. The summed E-state index contributed by atoms with van der Waals surface area (Å²) in [4.78, 5) is 7.52. The van der Waals surface area contributed by atoms with E-state index in [1.165, 1.54) is 24.0 Å². The molecule has 0 atom stereocenters. The summed E-state index contributed by atoms with van der Waals surface area (Å²) in [6.07, 6.45) is 4.75. The molecule has 96 valence electrons. The van der Waals surface area contributed by atoms with Gasteiger partial charge in [-0.2, -0.15) is 0 Å². The van der Waals surface area contributed by atoms with E-state index in [2.05, 4.69) is 47.8 Å². The molecule has 0 radical (unpaired) electrons. The molecule has 18 heavy (non-hydrogen) atoms. The average Bonchev–Trinajstić information content (AvgIpc) is 2.70. The Morgan fingerprint density at radius 1 is 1.22 bits per heavy atom. The van der Waals surface area contributed by atoms with Crippen molar-refractivity contribution in [2.45, 2.75) is 18.3 Å². The highest BCUT2D eigenvalue weighted by Crippen LogP contribution is 2.45. The summed E-state index contributed by atoms with van der Waals surface area (Å²) in [6.45, 7) is 2.32. The molecule has 3 heteroatoms. The zero-order valence-electron chi connectivity index (χ0n) is 11.1. The van der Waals surface area contributed by atoms with E-state index >= 15 is 0 Å². The van der Waals surface area contributed by atoms with Gasteiger partial charge in [0.05, 0.1) is 12.8 Å². The maximum atomic E-state index is 5.11. The quantitative estimate of drug-likeness (QED) is 0.807. The molecule has 3 nitrogen and oxygen atoms in total. The highest BCUT2D eigenvalue weighted by molar-refractivity contribution is 5.75. The number of hydroxylamine groups is 1. The van der Waals surface area contributed by atoms with Gasteiger partial charge in [0.1, 0.15) is 0 Å². The molecule has 3 rings (SSSR count). The molecule has 0 aromatic heterocycles. The van der Waals surface area contributed by atoms with Crippen molar-refractivity contribution in [3.05, 3.63) is 41.5 Å². The van der Waals surface area contributed by atoms with Gasteiger partial charge in [-0.25, -0.2) is 0 Å². The largest absolute Gasteiger partial charge is 0.306 e. The van der Waals surface area contributed by atoms with E-state index in [9.17, 15) is 0 Å². The van der Waals surface area contributed by atoms with Crippen LogP contribution in [0, 0.1) is 0 Å². The van der Waals surface area contributed by atoms with Crippen molar-refractivity contribution in [2.24, 2.45) is 0 Å². The Kier molecular flexibility index (Phi) is 2.88. The number of likely N-dealkylation sites (tertiary alicyclic amines) is 1. The molecule has 1 fully saturated rings. The van der Waals surface area contributed by atoms with Crippen molar-refractivity contribution in [3.8, 4) is 0 Å². The van der Waals surface area contributed by atoms with E-state index in [0.717, 1.165) is 18.8 Å². The van der Waals surface area contributed by atoms with Crippen LogP contribution in [0.1, 0.15) is 24.0 Å². The van der Waals surface area contributed by atoms with Crippen LogP contribution in [0.4, 0.5) is 0 Å². The highest BCUT2D eigenvalue weighted by Gasteiger charge is 2.39. The number of allylic oxidation sites excluding steroid dienone is 1. The first kappa shape index (κ1) is 11.8. The maximum absolute atomic E-state index is 5.11. The van der Waals surface area contributed by atoms with E-state index in [4.69, 9.17) is 4.84 Å². The first-order valence-corrected chi connectivity index (χ1v) is 6.55. The second kappa shape index (κ2) is 4.41. The first-order valence-electron chi connectivity index (χ1n) is 6.55. The summed E-state index contributed by atoms with van der Waals surface area (Å²) in [7, 11) is 3.87. The minimum atomic E-state index is 0.212. The van der Waals surface area contributed by atoms with E-state index in [1.807, 2.05) is 0 Å². The molecule has 1 aliphatic carbocycles. The molecule has 1 N–H and O–H groups in total. The normalized spacial score (nSPS) is 21.8. The molecule has 1 saturated heterocycles. The second-order valence-electron chi connectivity index (χ2n) is 5.37. The predicted molar refractivity (Wildman–Crippen MR) is 73.0 cm³/mol. The number of benzene rings is 1. The minimum Gasteiger partial charge on any atom is -0.306 e.